The molecule has 0 saturated heterocycles. The number of hydrogen-bond acceptors (Lipinski definition) is 2. The van der Waals surface area contributed by atoms with Crippen molar-refractivity contribution < 1.29 is 30.6 Å². The van der Waals surface area contributed by atoms with Crippen molar-refractivity contribution in [3.63, 3.8) is 0 Å². The minimum absolute atomic E-state index is 0. The number of carbonyl (C=O) groups excluding carboxylic acids is 1. The maximum Gasteiger partial charge on any atom is 0.258 e. The number of nitrogens with one attached hydrogen (secondary N) is 1. The van der Waals surface area contributed by atoms with Crippen LogP contribution in [0.4, 0.5) is 0 Å². The molecule has 4 rings (SSSR count). The molecule has 3 saturated carbocycles. The van der Waals surface area contributed by atoms with E-state index < -0.39 is 0 Å². The van der Waals surface area contributed by atoms with Gasteiger partial charge in [-0.2, -0.15) is 0 Å². The first kappa shape index (κ1) is 32.8. The number of rotatable bonds is 4. The molecule has 0 aliphatic heterocycles. The van der Waals surface area contributed by atoms with Crippen molar-refractivity contribution in [2.45, 2.75) is 88.1 Å². The molecular formula is C22H43NO2W. The summed E-state index contributed by atoms with van der Waals surface area (Å²) in [6.07, 6.45) is 4.66. The van der Waals surface area contributed by atoms with E-state index in [1.807, 2.05) is 44.2 Å². The van der Waals surface area contributed by atoms with Crippen LogP contribution in [0.5, 0.6) is 5.75 Å². The molecule has 3 aliphatic carbocycles. The van der Waals surface area contributed by atoms with E-state index in [0.29, 0.717) is 5.41 Å². The summed E-state index contributed by atoms with van der Waals surface area (Å²) in [7, 11) is 0. The van der Waals surface area contributed by atoms with E-state index >= 15 is 0 Å². The fraction of sp³-hybridized carbons (Fsp3) is 0.682. The fourth-order valence-corrected chi connectivity index (χ4v) is 3.43. The SMILES string of the molecule is C.C.C.CC.CC12CC(NC(=O)COc3ccccc3)(C1)C2.CCC.[W]. The van der Waals surface area contributed by atoms with Crippen LogP contribution in [0.15, 0.2) is 30.3 Å². The fourth-order valence-electron chi connectivity index (χ4n) is 3.43. The van der Waals surface area contributed by atoms with Crippen LogP contribution >= 0.6 is 0 Å². The molecule has 0 aromatic heterocycles. The predicted octanol–water partition coefficient (Wildman–Crippen LogP) is 6.47. The molecule has 26 heavy (non-hydrogen) atoms. The molecule has 0 spiro atoms. The third-order valence-electron chi connectivity index (χ3n) is 3.81. The van der Waals surface area contributed by atoms with E-state index in [0.717, 1.165) is 25.0 Å². The summed E-state index contributed by atoms with van der Waals surface area (Å²) in [6, 6.07) is 9.44. The number of ether oxygens (including phenoxy) is 1. The summed E-state index contributed by atoms with van der Waals surface area (Å²) in [5.41, 5.74) is 0.638. The molecule has 154 valence electrons. The van der Waals surface area contributed by atoms with Gasteiger partial charge < -0.3 is 10.1 Å². The minimum atomic E-state index is -0.00407. The smallest absolute Gasteiger partial charge is 0.258 e. The molecule has 0 heterocycles. The molecule has 3 fully saturated rings. The maximum atomic E-state index is 11.7. The Labute approximate surface area is 178 Å². The van der Waals surface area contributed by atoms with Crippen LogP contribution < -0.4 is 10.1 Å². The van der Waals surface area contributed by atoms with E-state index in [2.05, 4.69) is 26.1 Å². The van der Waals surface area contributed by atoms with Crippen LogP contribution in [0, 0.1) is 5.41 Å². The van der Waals surface area contributed by atoms with Gasteiger partial charge in [-0.15, -0.1) is 0 Å². The Hall–Kier alpha value is -0.822. The molecule has 1 N–H and O–H groups in total. The van der Waals surface area contributed by atoms with Crippen LogP contribution in [-0.2, 0) is 25.9 Å². The second-order valence-electron chi connectivity index (χ2n) is 6.48. The minimum Gasteiger partial charge on any atom is -0.484 e. The monoisotopic (exact) mass is 537 g/mol. The normalized spacial score (nSPS) is 22.7. The van der Waals surface area contributed by atoms with Crippen molar-refractivity contribution >= 4 is 5.91 Å². The van der Waals surface area contributed by atoms with E-state index in [-0.39, 0.29) is 61.4 Å². The number of hydrogen-bond donors (Lipinski definition) is 1. The Bertz CT molecular complexity index is 443. The number of benzene rings is 1. The van der Waals surface area contributed by atoms with Gasteiger partial charge in [0, 0.05) is 26.6 Å². The molecule has 1 aromatic rings. The van der Waals surface area contributed by atoms with Crippen molar-refractivity contribution in [2.75, 3.05) is 6.61 Å². The second kappa shape index (κ2) is 15.3. The molecule has 3 nitrogen and oxygen atoms in total. The topological polar surface area (TPSA) is 38.3 Å². The van der Waals surface area contributed by atoms with Gasteiger partial charge in [-0.05, 0) is 36.8 Å². The first-order chi connectivity index (χ1) is 10.5. The van der Waals surface area contributed by atoms with Crippen molar-refractivity contribution in [1.29, 1.82) is 0 Å². The van der Waals surface area contributed by atoms with Crippen LogP contribution in [0.2, 0.25) is 0 Å². The Balaban J connectivity index is -0.000000246. The van der Waals surface area contributed by atoms with Crippen LogP contribution in [0.3, 0.4) is 0 Å². The van der Waals surface area contributed by atoms with Gasteiger partial charge in [-0.3, -0.25) is 4.79 Å². The summed E-state index contributed by atoms with van der Waals surface area (Å²) >= 11 is 0. The first-order valence-corrected chi connectivity index (χ1v) is 8.50. The summed E-state index contributed by atoms with van der Waals surface area (Å²) in [5, 5.41) is 3.09. The van der Waals surface area contributed by atoms with Crippen LogP contribution in [0.25, 0.3) is 0 Å². The van der Waals surface area contributed by atoms with Gasteiger partial charge in [-0.25, -0.2) is 0 Å². The zero-order valence-electron chi connectivity index (χ0n) is 15.1. The molecular weight excluding hydrogens is 494 g/mol. The van der Waals surface area contributed by atoms with E-state index in [4.69, 9.17) is 4.74 Å². The molecule has 3 aliphatic rings. The molecule has 0 radical (unpaired) electrons. The number of para-hydroxylation sites is 1. The quantitative estimate of drug-likeness (QED) is 0.478. The van der Waals surface area contributed by atoms with Gasteiger partial charge in [0.05, 0.1) is 0 Å². The predicted molar refractivity (Wildman–Crippen MR) is 112 cm³/mol. The third-order valence-corrected chi connectivity index (χ3v) is 3.81. The van der Waals surface area contributed by atoms with Gasteiger partial charge in [0.15, 0.2) is 6.61 Å². The average Bonchev–Trinajstić information content (AvgIpc) is 2.46. The maximum absolute atomic E-state index is 11.7. The van der Waals surface area contributed by atoms with Gasteiger partial charge in [0.25, 0.3) is 5.91 Å². The third kappa shape index (κ3) is 9.21. The molecule has 1 aromatic carbocycles. The van der Waals surface area contributed by atoms with Gasteiger partial charge in [-0.1, -0.05) is 81.5 Å². The summed E-state index contributed by atoms with van der Waals surface area (Å²) < 4.78 is 5.41. The first-order valence-electron chi connectivity index (χ1n) is 8.50. The summed E-state index contributed by atoms with van der Waals surface area (Å²) in [6.45, 7) is 10.6. The van der Waals surface area contributed by atoms with Crippen molar-refractivity contribution in [3.8, 4) is 5.75 Å². The summed E-state index contributed by atoms with van der Waals surface area (Å²) in [4.78, 5) is 11.7. The largest absolute Gasteiger partial charge is 0.484 e. The molecule has 4 heteroatoms. The standard InChI is InChI=1S/C14H17NO2.C3H8.C2H6.3CH4.W/c1-13-8-14(9-13,10-13)15-12(16)7-17-11-5-3-2-4-6-11;1-3-2;1-2;;;;/h2-6H,7-10H2,1H3,(H,15,16);3H2,1-2H3;1-2H3;3*1H4;. The van der Waals surface area contributed by atoms with E-state index in [1.165, 1.54) is 6.42 Å². The Morgan fingerprint density at radius 2 is 1.46 bits per heavy atom. The van der Waals surface area contributed by atoms with Gasteiger partial charge in [0.1, 0.15) is 5.75 Å². The molecule has 1 amide bonds. The summed E-state index contributed by atoms with van der Waals surface area (Å²) in [5.74, 6) is 0.739. The zero-order valence-corrected chi connectivity index (χ0v) is 18.1. The van der Waals surface area contributed by atoms with Crippen LogP contribution in [0.1, 0.15) is 82.6 Å². The average molecular weight is 537 g/mol. The molecule has 0 atom stereocenters. The second-order valence-corrected chi connectivity index (χ2v) is 6.48. The Morgan fingerprint density at radius 1 is 1.04 bits per heavy atom. The van der Waals surface area contributed by atoms with Crippen LogP contribution in [-0.4, -0.2) is 18.1 Å². The van der Waals surface area contributed by atoms with Crippen molar-refractivity contribution in [1.82, 2.24) is 5.32 Å². The zero-order chi connectivity index (χ0) is 16.6. The van der Waals surface area contributed by atoms with Crippen molar-refractivity contribution in [3.05, 3.63) is 30.3 Å². The molecule has 2 bridgehead atoms. The number of carbonyl (C=O) groups is 1. The van der Waals surface area contributed by atoms with Crippen molar-refractivity contribution in [2.24, 2.45) is 5.41 Å². The van der Waals surface area contributed by atoms with Gasteiger partial charge in [0.2, 0.25) is 0 Å². The van der Waals surface area contributed by atoms with Gasteiger partial charge >= 0.3 is 0 Å². The Kier molecular flexibility index (Phi) is 19.3. The van der Waals surface area contributed by atoms with E-state index in [9.17, 15) is 4.79 Å². The van der Waals surface area contributed by atoms with E-state index in [1.54, 1.807) is 0 Å². The number of amides is 1. The molecule has 0 unspecified atom stereocenters. The Morgan fingerprint density at radius 3 is 1.85 bits per heavy atom.